The number of carboxylic acids is 2. The van der Waals surface area contributed by atoms with E-state index in [1.807, 2.05) is 0 Å². The highest BCUT2D eigenvalue weighted by Crippen LogP contribution is 2.53. The van der Waals surface area contributed by atoms with Crippen LogP contribution in [0.5, 0.6) is 11.5 Å². The highest BCUT2D eigenvalue weighted by Gasteiger charge is 2.66. The smallest absolute Gasteiger partial charge is 0.350 e. The van der Waals surface area contributed by atoms with Crippen molar-refractivity contribution in [2.24, 2.45) is 11.1 Å². The van der Waals surface area contributed by atoms with Crippen molar-refractivity contribution in [3.05, 3.63) is 28.5 Å². The Hall–Kier alpha value is -5.22. The monoisotopic (exact) mass is 738 g/mol. The van der Waals surface area contributed by atoms with Crippen molar-refractivity contribution in [1.29, 1.82) is 0 Å². The molecule has 0 unspecified atom stereocenters. The number of ketones is 2. The van der Waals surface area contributed by atoms with Crippen LogP contribution in [0.1, 0.15) is 35.4 Å². The number of rotatable bonds is 12. The van der Waals surface area contributed by atoms with Gasteiger partial charge in [-0.15, -0.1) is 0 Å². The Morgan fingerprint density at radius 1 is 1.12 bits per heavy atom. The number of amides is 4. The first kappa shape index (κ1) is 33.7. The van der Waals surface area contributed by atoms with Crippen LogP contribution in [0.15, 0.2) is 17.3 Å². The molecule has 3 atom stereocenters. The maximum Gasteiger partial charge on any atom is 0.350 e. The number of benzene rings is 1. The second-order valence-corrected chi connectivity index (χ2v) is 13.8. The van der Waals surface area contributed by atoms with Crippen LogP contribution >= 0.6 is 34.9 Å². The van der Waals surface area contributed by atoms with Gasteiger partial charge in [-0.05, 0) is 12.1 Å². The molecule has 3 saturated heterocycles. The number of aliphatic carboxylic acids is 2. The van der Waals surface area contributed by atoms with E-state index in [0.29, 0.717) is 5.01 Å². The number of oxime groups is 1. The van der Waals surface area contributed by atoms with Gasteiger partial charge in [0.05, 0.1) is 35.0 Å². The zero-order valence-electron chi connectivity index (χ0n) is 24.6. The lowest BCUT2D eigenvalue weighted by atomic mass is 9.90. The summed E-state index contributed by atoms with van der Waals surface area (Å²) in [5.41, 5.74) is 5.17. The number of halogens is 1. The molecular formula is C26H23ClN8O12S2. The van der Waals surface area contributed by atoms with E-state index < -0.39 is 104 Å². The quantitative estimate of drug-likeness (QED) is 0.0397. The number of carbonyl (C=O) groups is 7. The Bertz CT molecular complexity index is 1880. The molecule has 1 aromatic carbocycles. The van der Waals surface area contributed by atoms with Crippen LogP contribution in [-0.2, 0) is 28.8 Å². The number of nitrogen functional groups attached to an aromatic ring is 1. The van der Waals surface area contributed by atoms with Crippen LogP contribution in [0.3, 0.4) is 0 Å². The van der Waals surface area contributed by atoms with E-state index in [4.69, 9.17) is 22.2 Å². The number of aromatic nitrogens is 2. The Morgan fingerprint density at radius 3 is 2.45 bits per heavy atom. The molecule has 258 valence electrons. The minimum Gasteiger partial charge on any atom is -0.504 e. The molecule has 23 heteroatoms. The Morgan fingerprint density at radius 2 is 1.84 bits per heavy atom. The van der Waals surface area contributed by atoms with Crippen LogP contribution in [0.2, 0.25) is 5.02 Å². The first-order valence-electron chi connectivity index (χ1n) is 14.1. The summed E-state index contributed by atoms with van der Waals surface area (Å²) in [5, 5.41) is 42.0. The molecule has 49 heavy (non-hydrogen) atoms. The fourth-order valence-electron chi connectivity index (χ4n) is 5.38. The summed E-state index contributed by atoms with van der Waals surface area (Å²) in [6, 6.07) is 0.906. The number of phenols is 2. The highest BCUT2D eigenvalue weighted by atomic mass is 35.5. The second-order valence-electron chi connectivity index (χ2n) is 11.2. The summed E-state index contributed by atoms with van der Waals surface area (Å²) in [4.78, 5) is 98.7. The zero-order valence-corrected chi connectivity index (χ0v) is 27.0. The van der Waals surface area contributed by atoms with Gasteiger partial charge in [0, 0.05) is 37.3 Å². The fourth-order valence-corrected chi connectivity index (χ4v) is 7.76. The van der Waals surface area contributed by atoms with Gasteiger partial charge < -0.3 is 35.9 Å². The largest absolute Gasteiger partial charge is 0.504 e. The summed E-state index contributed by atoms with van der Waals surface area (Å²) in [7, 11) is 0. The number of carbonyl (C=O) groups excluding carboxylic acids is 5. The van der Waals surface area contributed by atoms with Crippen molar-refractivity contribution < 1.29 is 58.8 Å². The lowest BCUT2D eigenvalue weighted by Crippen LogP contribution is -2.60. The fraction of sp³-hybridized carbons (Fsp3) is 0.385. The van der Waals surface area contributed by atoms with E-state index in [0.717, 1.165) is 40.3 Å². The van der Waals surface area contributed by atoms with Gasteiger partial charge in [0.25, 0.3) is 5.78 Å². The molecule has 0 spiro atoms. The minimum atomic E-state index is -2.05. The highest BCUT2D eigenvalue weighted by molar-refractivity contribution is 8.02. The molecule has 1 aromatic heterocycles. The molecule has 2 aromatic rings. The number of thioether (sulfide) groups is 1. The van der Waals surface area contributed by atoms with Crippen molar-refractivity contribution in [2.45, 2.75) is 35.1 Å². The third-order valence-corrected chi connectivity index (χ3v) is 10.9. The van der Waals surface area contributed by atoms with Crippen LogP contribution < -0.4 is 11.2 Å². The summed E-state index contributed by atoms with van der Waals surface area (Å²) in [6.07, 6.45) is -0.219. The lowest BCUT2D eigenvalue weighted by molar-refractivity contribution is -0.154. The van der Waals surface area contributed by atoms with Crippen molar-refractivity contribution in [3.63, 3.8) is 0 Å². The van der Waals surface area contributed by atoms with Gasteiger partial charge in [0.2, 0.25) is 22.2 Å². The molecular weight excluding hydrogens is 716 g/mol. The molecule has 3 aliphatic heterocycles. The number of fused-ring (bicyclic) bond motifs is 1. The molecule has 1 aliphatic carbocycles. The van der Waals surface area contributed by atoms with Gasteiger partial charge in [-0.1, -0.05) is 28.5 Å². The Labute approximate surface area is 286 Å². The molecule has 4 aliphatic rings. The Balaban J connectivity index is 1.15. The topological polar surface area (TPSA) is 296 Å². The molecule has 20 nitrogen and oxygen atoms in total. The minimum absolute atomic E-state index is 0.0216. The third-order valence-electron chi connectivity index (χ3n) is 8.24. The summed E-state index contributed by atoms with van der Waals surface area (Å²) in [6.45, 7) is -0.975. The van der Waals surface area contributed by atoms with E-state index >= 15 is 0 Å². The number of hydrazine groups is 1. The maximum atomic E-state index is 13.4. The van der Waals surface area contributed by atoms with E-state index in [2.05, 4.69) is 19.9 Å². The molecule has 0 bridgehead atoms. The third kappa shape index (κ3) is 5.59. The molecule has 4 fully saturated rings. The molecule has 4 amide bonds. The predicted octanol–water partition coefficient (Wildman–Crippen LogP) is -0.554. The first-order chi connectivity index (χ1) is 23.1. The second kappa shape index (κ2) is 12.0. The standard InChI is InChI=1S/C26H23ClN8O12S2/c27-13-9(1-2-11(36)16(13)39)15(38)18(40)30-35-6-5-34(24(35)46)26(22(44)45)8-33-19(41)10(20(33)48-26)7-12(37)14(17-29-23(28)49-32-17)31-47-25(3-4-25)21(42)43/h1-2,10,20,36,39H,3-8H2,(H,30,40)(H,42,43)(H,44,45)(H2,28,29,32)/b31-14+/t10-,20-,26-/m1/s1. The average Bonchev–Trinajstić information content (AvgIpc) is 3.40. The number of β-lactam (4-membered cyclic amide) rings is 1. The van der Waals surface area contributed by atoms with Gasteiger partial charge in [-0.2, -0.15) is 9.36 Å². The summed E-state index contributed by atoms with van der Waals surface area (Å²) in [5.74, 6) is -9.59. The van der Waals surface area contributed by atoms with Crippen LogP contribution in [-0.4, -0.2) is 127 Å². The van der Waals surface area contributed by atoms with E-state index in [-0.39, 0.29) is 36.9 Å². The van der Waals surface area contributed by atoms with Crippen molar-refractivity contribution in [1.82, 2.24) is 29.6 Å². The number of hydrogen-bond acceptors (Lipinski definition) is 16. The predicted molar refractivity (Wildman–Crippen MR) is 164 cm³/mol. The number of anilines is 1. The van der Waals surface area contributed by atoms with E-state index in [9.17, 15) is 54.0 Å². The molecule has 7 N–H and O–H groups in total. The Kier molecular flexibility index (Phi) is 8.27. The van der Waals surface area contributed by atoms with Gasteiger partial charge in [-0.25, -0.2) is 19.4 Å². The van der Waals surface area contributed by atoms with Crippen LogP contribution in [0, 0.1) is 5.92 Å². The van der Waals surface area contributed by atoms with Crippen molar-refractivity contribution >= 4 is 87.1 Å². The number of nitrogens with two attached hydrogens (primary N) is 1. The molecule has 0 radical (unpaired) electrons. The van der Waals surface area contributed by atoms with Crippen molar-refractivity contribution in [2.75, 3.05) is 25.4 Å². The number of nitrogens with zero attached hydrogens (tertiary/aromatic N) is 6. The number of nitrogens with one attached hydrogen (secondary N) is 1. The summed E-state index contributed by atoms with van der Waals surface area (Å²) >= 11 is 7.33. The van der Waals surface area contributed by atoms with Gasteiger partial charge in [0.15, 0.2) is 28.1 Å². The number of urea groups is 1. The zero-order chi connectivity index (χ0) is 35.6. The van der Waals surface area contributed by atoms with Gasteiger partial charge >= 0.3 is 23.9 Å². The molecule has 1 saturated carbocycles. The molecule has 4 heterocycles. The number of carboxylic acid groups (broad SMARTS) is 2. The molecule has 6 rings (SSSR count). The van der Waals surface area contributed by atoms with Gasteiger partial charge in [-0.3, -0.25) is 29.5 Å². The number of Topliss-reactive ketones (excluding diaryl/α,β-unsaturated/α-hetero) is 2. The van der Waals surface area contributed by atoms with E-state index in [1.165, 1.54) is 4.90 Å². The SMILES string of the molecule is Nc1nc(/C(=N/OC2(C(=O)O)CC2)C(=O)C[C@@H]2C(=O)N3C[C@@](C(=O)O)(N4CCN(NC(=O)C(=O)c5ccc(O)c(O)c5Cl)C4=O)S[C@H]23)ns1. The lowest BCUT2D eigenvalue weighted by Gasteiger charge is -2.40. The van der Waals surface area contributed by atoms with Crippen LogP contribution in [0.25, 0.3) is 0 Å². The normalized spacial score (nSPS) is 23.9. The van der Waals surface area contributed by atoms with Crippen LogP contribution in [0.4, 0.5) is 9.93 Å². The number of phenolic OH excluding ortho intramolecular Hbond substituents is 2. The number of hydrogen-bond donors (Lipinski definition) is 6. The number of aromatic hydroxyl groups is 2. The van der Waals surface area contributed by atoms with E-state index in [1.54, 1.807) is 0 Å². The first-order valence-corrected chi connectivity index (χ1v) is 16.1. The summed E-state index contributed by atoms with van der Waals surface area (Å²) < 4.78 is 3.93. The van der Waals surface area contributed by atoms with Crippen molar-refractivity contribution in [3.8, 4) is 11.5 Å². The maximum absolute atomic E-state index is 13.4. The average molecular weight is 739 g/mol. The van der Waals surface area contributed by atoms with Gasteiger partial charge in [0.1, 0.15) is 0 Å².